The van der Waals surface area contributed by atoms with Gasteiger partial charge >= 0.3 is 5.97 Å². The summed E-state index contributed by atoms with van der Waals surface area (Å²) in [6.07, 6.45) is 0. The molecule has 1 rings (SSSR count). The number of aliphatic hydroxyl groups is 1. The van der Waals surface area contributed by atoms with Gasteiger partial charge in [0.15, 0.2) is 0 Å². The Balaban J connectivity index is 2.87. The number of carboxylic acid groups (broad SMARTS) is 1. The molecule has 1 unspecified atom stereocenters. The molecule has 0 saturated carbocycles. The second-order valence-corrected chi connectivity index (χ2v) is 3.23. The van der Waals surface area contributed by atoms with Crippen molar-refractivity contribution in [2.24, 2.45) is 0 Å². The summed E-state index contributed by atoms with van der Waals surface area (Å²) in [5, 5.41) is 20.2. The maximum absolute atomic E-state index is 13.2. The van der Waals surface area contributed by atoms with Crippen LogP contribution in [0.25, 0.3) is 0 Å². The van der Waals surface area contributed by atoms with Crippen molar-refractivity contribution in [2.45, 2.75) is 13.0 Å². The highest BCUT2D eigenvalue weighted by molar-refractivity contribution is 5.88. The van der Waals surface area contributed by atoms with Crippen molar-refractivity contribution >= 4 is 11.7 Å². The Morgan fingerprint density at radius 2 is 2.27 bits per heavy atom. The lowest BCUT2D eigenvalue weighted by Crippen LogP contribution is -2.19. The Bertz CT molecular complexity index is 368. The number of halogens is 1. The summed E-state index contributed by atoms with van der Waals surface area (Å²) in [6.45, 7) is 1.64. The molecule has 0 radical (unpaired) electrons. The second-order valence-electron chi connectivity index (χ2n) is 3.23. The molecule has 0 saturated heterocycles. The lowest BCUT2D eigenvalue weighted by molar-refractivity contribution is 0.0692. The molecule has 82 valence electrons. The molecule has 1 atom stereocenters. The van der Waals surface area contributed by atoms with Crippen molar-refractivity contribution in [3.63, 3.8) is 0 Å². The van der Waals surface area contributed by atoms with E-state index in [1.807, 2.05) is 0 Å². The fraction of sp³-hybridized carbons (Fsp3) is 0.300. The number of carboxylic acids is 1. The van der Waals surface area contributed by atoms with Gasteiger partial charge in [-0.25, -0.2) is 9.18 Å². The molecule has 5 heteroatoms. The number of hydrogen-bond acceptors (Lipinski definition) is 3. The van der Waals surface area contributed by atoms with Crippen LogP contribution >= 0.6 is 0 Å². The first-order valence-corrected chi connectivity index (χ1v) is 4.45. The zero-order valence-electron chi connectivity index (χ0n) is 8.20. The SMILES string of the molecule is CC(CO)Nc1ccc(C(=O)O)c(F)c1. The Kier molecular flexibility index (Phi) is 3.62. The van der Waals surface area contributed by atoms with Crippen LogP contribution in [0, 0.1) is 5.82 Å². The molecule has 0 spiro atoms. The van der Waals surface area contributed by atoms with Crippen LogP contribution in [-0.4, -0.2) is 28.8 Å². The van der Waals surface area contributed by atoms with E-state index >= 15 is 0 Å². The van der Waals surface area contributed by atoms with Gasteiger partial charge < -0.3 is 15.5 Å². The summed E-state index contributed by atoms with van der Waals surface area (Å²) in [7, 11) is 0. The van der Waals surface area contributed by atoms with Gasteiger partial charge in [-0.3, -0.25) is 0 Å². The Morgan fingerprint density at radius 3 is 2.73 bits per heavy atom. The van der Waals surface area contributed by atoms with Gasteiger partial charge in [0, 0.05) is 11.7 Å². The summed E-state index contributed by atoms with van der Waals surface area (Å²) in [4.78, 5) is 10.5. The van der Waals surface area contributed by atoms with Crippen molar-refractivity contribution in [3.8, 4) is 0 Å². The zero-order valence-corrected chi connectivity index (χ0v) is 8.20. The van der Waals surface area contributed by atoms with Crippen LogP contribution in [0.15, 0.2) is 18.2 Å². The molecule has 15 heavy (non-hydrogen) atoms. The number of hydrogen-bond donors (Lipinski definition) is 3. The van der Waals surface area contributed by atoms with E-state index in [2.05, 4.69) is 5.32 Å². The molecule has 4 nitrogen and oxygen atoms in total. The van der Waals surface area contributed by atoms with Crippen molar-refractivity contribution in [1.29, 1.82) is 0 Å². The normalized spacial score (nSPS) is 12.2. The van der Waals surface area contributed by atoms with E-state index < -0.39 is 11.8 Å². The van der Waals surface area contributed by atoms with Gasteiger partial charge in [0.1, 0.15) is 5.82 Å². The molecule has 0 aliphatic carbocycles. The molecule has 3 N–H and O–H groups in total. The highest BCUT2D eigenvalue weighted by Crippen LogP contribution is 2.15. The number of anilines is 1. The summed E-state index contributed by atoms with van der Waals surface area (Å²) in [6, 6.07) is 3.53. The van der Waals surface area contributed by atoms with Gasteiger partial charge in [-0.2, -0.15) is 0 Å². The quantitative estimate of drug-likeness (QED) is 0.705. The second kappa shape index (κ2) is 4.75. The molecule has 0 heterocycles. The smallest absolute Gasteiger partial charge is 0.338 e. The maximum atomic E-state index is 13.2. The number of carbonyl (C=O) groups is 1. The van der Waals surface area contributed by atoms with Gasteiger partial charge in [0.25, 0.3) is 0 Å². The van der Waals surface area contributed by atoms with Crippen molar-refractivity contribution < 1.29 is 19.4 Å². The Labute approximate surface area is 86.4 Å². The standard InChI is InChI=1S/C10H12FNO3/c1-6(5-13)12-7-2-3-8(10(14)15)9(11)4-7/h2-4,6,12-13H,5H2,1H3,(H,14,15). The zero-order chi connectivity index (χ0) is 11.4. The first kappa shape index (κ1) is 11.5. The highest BCUT2D eigenvalue weighted by atomic mass is 19.1. The lowest BCUT2D eigenvalue weighted by atomic mass is 10.2. The lowest BCUT2D eigenvalue weighted by Gasteiger charge is -2.12. The van der Waals surface area contributed by atoms with Gasteiger partial charge in [-0.1, -0.05) is 0 Å². The first-order chi connectivity index (χ1) is 7.04. The van der Waals surface area contributed by atoms with E-state index in [-0.39, 0.29) is 18.2 Å². The van der Waals surface area contributed by atoms with Crippen LogP contribution < -0.4 is 5.32 Å². The summed E-state index contributed by atoms with van der Waals surface area (Å²) in [5.74, 6) is -2.09. The molecule has 1 aromatic rings. The van der Waals surface area contributed by atoms with E-state index in [1.54, 1.807) is 6.92 Å². The fourth-order valence-corrected chi connectivity index (χ4v) is 1.11. The molecule has 0 aromatic heterocycles. The van der Waals surface area contributed by atoms with E-state index in [9.17, 15) is 9.18 Å². The summed E-state index contributed by atoms with van der Waals surface area (Å²) >= 11 is 0. The number of aromatic carboxylic acids is 1. The average molecular weight is 213 g/mol. The number of benzene rings is 1. The summed E-state index contributed by atoms with van der Waals surface area (Å²) < 4.78 is 13.2. The third kappa shape index (κ3) is 2.92. The maximum Gasteiger partial charge on any atom is 0.338 e. The Hall–Kier alpha value is -1.62. The molecular weight excluding hydrogens is 201 g/mol. The minimum absolute atomic E-state index is 0.0811. The Morgan fingerprint density at radius 1 is 1.60 bits per heavy atom. The topological polar surface area (TPSA) is 69.6 Å². The van der Waals surface area contributed by atoms with Crippen LogP contribution in [-0.2, 0) is 0 Å². The fourth-order valence-electron chi connectivity index (χ4n) is 1.11. The minimum atomic E-state index is -1.30. The van der Waals surface area contributed by atoms with Crippen molar-refractivity contribution in [2.75, 3.05) is 11.9 Å². The monoisotopic (exact) mass is 213 g/mol. The van der Waals surface area contributed by atoms with Gasteiger partial charge in [-0.15, -0.1) is 0 Å². The average Bonchev–Trinajstić information content (AvgIpc) is 2.17. The highest BCUT2D eigenvalue weighted by Gasteiger charge is 2.10. The van der Waals surface area contributed by atoms with Crippen LogP contribution in [0.4, 0.5) is 10.1 Å². The van der Waals surface area contributed by atoms with E-state index in [0.717, 1.165) is 6.07 Å². The van der Waals surface area contributed by atoms with Crippen LogP contribution in [0.1, 0.15) is 17.3 Å². The van der Waals surface area contributed by atoms with E-state index in [4.69, 9.17) is 10.2 Å². The number of rotatable bonds is 4. The third-order valence-corrected chi connectivity index (χ3v) is 1.89. The predicted molar refractivity (Wildman–Crippen MR) is 53.5 cm³/mol. The van der Waals surface area contributed by atoms with Gasteiger partial charge in [0.05, 0.1) is 12.2 Å². The summed E-state index contributed by atoms with van der Waals surface area (Å²) in [5.41, 5.74) is 0.0799. The van der Waals surface area contributed by atoms with E-state index in [1.165, 1.54) is 12.1 Å². The molecule has 1 aromatic carbocycles. The van der Waals surface area contributed by atoms with Crippen molar-refractivity contribution in [3.05, 3.63) is 29.6 Å². The van der Waals surface area contributed by atoms with Crippen LogP contribution in [0.5, 0.6) is 0 Å². The van der Waals surface area contributed by atoms with Gasteiger partial charge in [0.2, 0.25) is 0 Å². The molecule has 0 amide bonds. The molecule has 0 aliphatic heterocycles. The molecular formula is C10H12FNO3. The molecule has 0 fully saturated rings. The number of nitrogens with one attached hydrogen (secondary N) is 1. The third-order valence-electron chi connectivity index (χ3n) is 1.89. The van der Waals surface area contributed by atoms with Gasteiger partial charge in [-0.05, 0) is 25.1 Å². The predicted octanol–water partition coefficient (Wildman–Crippen LogP) is 1.32. The van der Waals surface area contributed by atoms with Crippen molar-refractivity contribution in [1.82, 2.24) is 0 Å². The molecule has 0 aliphatic rings. The van der Waals surface area contributed by atoms with Crippen LogP contribution in [0.3, 0.4) is 0 Å². The minimum Gasteiger partial charge on any atom is -0.478 e. The van der Waals surface area contributed by atoms with E-state index in [0.29, 0.717) is 5.69 Å². The number of aliphatic hydroxyl groups excluding tert-OH is 1. The molecule has 0 bridgehead atoms. The van der Waals surface area contributed by atoms with Crippen LogP contribution in [0.2, 0.25) is 0 Å². The largest absolute Gasteiger partial charge is 0.478 e. The first-order valence-electron chi connectivity index (χ1n) is 4.45.